The largest absolute Gasteiger partial charge is 0.370 e. The highest BCUT2D eigenvalue weighted by molar-refractivity contribution is 5.98. The van der Waals surface area contributed by atoms with Crippen molar-refractivity contribution in [1.29, 1.82) is 0 Å². The van der Waals surface area contributed by atoms with Gasteiger partial charge >= 0.3 is 0 Å². The van der Waals surface area contributed by atoms with Crippen LogP contribution >= 0.6 is 0 Å². The smallest absolute Gasteiger partial charge is 0.140 e. The fraction of sp³-hybridized carbons (Fsp3) is 0.714. The van der Waals surface area contributed by atoms with E-state index >= 15 is 0 Å². The molecule has 0 aromatic carbocycles. The third-order valence-corrected chi connectivity index (χ3v) is 3.00. The molecule has 19 heavy (non-hydrogen) atoms. The van der Waals surface area contributed by atoms with Gasteiger partial charge in [0.2, 0.25) is 0 Å². The monoisotopic (exact) mass is 268 g/mol. The molecule has 0 aromatic heterocycles. The summed E-state index contributed by atoms with van der Waals surface area (Å²) in [7, 11) is 0. The van der Waals surface area contributed by atoms with Crippen molar-refractivity contribution < 1.29 is 23.9 Å². The minimum absolute atomic E-state index is 0.00547. The lowest BCUT2D eigenvalue weighted by molar-refractivity contribution is -0.127. The molecular formula is C14H20O5. The lowest BCUT2D eigenvalue weighted by Crippen LogP contribution is -2.08. The lowest BCUT2D eigenvalue weighted by atomic mass is 10.0. The van der Waals surface area contributed by atoms with Gasteiger partial charge in [0.05, 0.1) is 25.0 Å². The van der Waals surface area contributed by atoms with Crippen LogP contribution in [-0.4, -0.2) is 35.3 Å². The molecular weight excluding hydrogens is 248 g/mol. The summed E-state index contributed by atoms with van der Waals surface area (Å²) >= 11 is 0. The Bertz CT molecular complexity index is 349. The van der Waals surface area contributed by atoms with Gasteiger partial charge < -0.3 is 4.74 Å². The number of epoxide rings is 1. The number of rotatable bonds is 10. The van der Waals surface area contributed by atoms with Crippen LogP contribution in [0.25, 0.3) is 0 Å². The highest BCUT2D eigenvalue weighted by Gasteiger charge is 2.38. The van der Waals surface area contributed by atoms with Crippen LogP contribution < -0.4 is 0 Å². The second-order valence-corrected chi connectivity index (χ2v) is 5.13. The Morgan fingerprint density at radius 1 is 0.789 bits per heavy atom. The van der Waals surface area contributed by atoms with Crippen LogP contribution in [0.4, 0.5) is 0 Å². The molecule has 106 valence electrons. The maximum Gasteiger partial charge on any atom is 0.140 e. The van der Waals surface area contributed by atoms with Crippen LogP contribution in [0.2, 0.25) is 0 Å². The Hall–Kier alpha value is -1.36. The van der Waals surface area contributed by atoms with E-state index in [2.05, 4.69) is 0 Å². The van der Waals surface area contributed by atoms with Crippen LogP contribution in [0.5, 0.6) is 0 Å². The summed E-state index contributed by atoms with van der Waals surface area (Å²) in [5.74, 6) is -0.356. The van der Waals surface area contributed by atoms with E-state index in [9.17, 15) is 19.2 Å². The molecule has 0 spiro atoms. The summed E-state index contributed by atoms with van der Waals surface area (Å²) in [6, 6.07) is 0. The molecule has 0 aromatic rings. The van der Waals surface area contributed by atoms with Crippen LogP contribution in [0, 0.1) is 0 Å². The van der Waals surface area contributed by atoms with Gasteiger partial charge in [0.15, 0.2) is 0 Å². The number of hydrogen-bond donors (Lipinski definition) is 0. The van der Waals surface area contributed by atoms with E-state index in [4.69, 9.17) is 4.74 Å². The van der Waals surface area contributed by atoms with Gasteiger partial charge in [-0.25, -0.2) is 0 Å². The maximum atomic E-state index is 11.3. The standard InChI is InChI=1S/C14H20O5/c1-9(15)7-11(17)3-5-13-14(19-13)6-4-12(18)8-10(2)16/h13-14H,3-8H2,1-2H3. The Labute approximate surface area is 112 Å². The predicted octanol–water partition coefficient (Wildman–Crippen LogP) is 1.41. The SMILES string of the molecule is CC(=O)CC(=O)CCC1OC1CCC(=O)CC(C)=O. The van der Waals surface area contributed by atoms with Crippen LogP contribution in [0.15, 0.2) is 0 Å². The van der Waals surface area contributed by atoms with E-state index in [0.29, 0.717) is 25.7 Å². The molecule has 0 N–H and O–H groups in total. The van der Waals surface area contributed by atoms with Gasteiger partial charge in [-0.1, -0.05) is 0 Å². The molecule has 1 aliphatic heterocycles. The summed E-state index contributed by atoms with van der Waals surface area (Å²) in [4.78, 5) is 44.1. The number of hydrogen-bond acceptors (Lipinski definition) is 5. The molecule has 1 rings (SSSR count). The molecule has 0 aliphatic carbocycles. The van der Waals surface area contributed by atoms with Crippen molar-refractivity contribution in [2.75, 3.05) is 0 Å². The van der Waals surface area contributed by atoms with Crippen molar-refractivity contribution in [3.8, 4) is 0 Å². The van der Waals surface area contributed by atoms with E-state index in [1.54, 1.807) is 0 Å². The zero-order valence-electron chi connectivity index (χ0n) is 11.4. The first-order valence-corrected chi connectivity index (χ1v) is 6.56. The zero-order valence-corrected chi connectivity index (χ0v) is 11.4. The molecule has 1 aliphatic rings. The van der Waals surface area contributed by atoms with Crippen LogP contribution in [0.1, 0.15) is 52.4 Å². The first-order valence-electron chi connectivity index (χ1n) is 6.56. The van der Waals surface area contributed by atoms with Crippen molar-refractivity contribution in [3.05, 3.63) is 0 Å². The third-order valence-electron chi connectivity index (χ3n) is 3.00. The van der Waals surface area contributed by atoms with Crippen molar-refractivity contribution in [2.24, 2.45) is 0 Å². The van der Waals surface area contributed by atoms with Gasteiger partial charge in [-0.05, 0) is 26.7 Å². The van der Waals surface area contributed by atoms with Gasteiger partial charge in [-0.3, -0.25) is 19.2 Å². The minimum atomic E-state index is -0.118. The number of ketones is 4. The van der Waals surface area contributed by atoms with Crippen molar-refractivity contribution in [3.63, 3.8) is 0 Å². The van der Waals surface area contributed by atoms with E-state index in [-0.39, 0.29) is 48.2 Å². The van der Waals surface area contributed by atoms with Gasteiger partial charge in [0.1, 0.15) is 23.1 Å². The Morgan fingerprint density at radius 3 is 1.47 bits per heavy atom. The second kappa shape index (κ2) is 7.28. The molecule has 0 radical (unpaired) electrons. The van der Waals surface area contributed by atoms with Crippen molar-refractivity contribution in [2.45, 2.75) is 64.6 Å². The topological polar surface area (TPSA) is 80.8 Å². The first-order chi connectivity index (χ1) is 8.88. The molecule has 1 heterocycles. The van der Waals surface area contributed by atoms with E-state index in [1.807, 2.05) is 0 Å². The molecule has 0 saturated carbocycles. The summed E-state index contributed by atoms with van der Waals surface area (Å²) < 4.78 is 5.35. The maximum absolute atomic E-state index is 11.3. The molecule has 0 amide bonds. The summed E-state index contributed by atoms with van der Waals surface area (Å²) in [6.07, 6.45) is 1.96. The van der Waals surface area contributed by atoms with Crippen LogP contribution in [-0.2, 0) is 23.9 Å². The summed E-state index contributed by atoms with van der Waals surface area (Å²) in [5.41, 5.74) is 0. The summed E-state index contributed by atoms with van der Waals surface area (Å²) in [5, 5.41) is 0. The van der Waals surface area contributed by atoms with Gasteiger partial charge in [-0.15, -0.1) is 0 Å². The third kappa shape index (κ3) is 6.96. The summed E-state index contributed by atoms with van der Waals surface area (Å²) in [6.45, 7) is 2.80. The van der Waals surface area contributed by atoms with Crippen molar-refractivity contribution >= 4 is 23.1 Å². The predicted molar refractivity (Wildman–Crippen MR) is 67.7 cm³/mol. The Balaban J connectivity index is 2.08. The first kappa shape index (κ1) is 15.7. The normalized spacial score (nSPS) is 20.9. The molecule has 5 nitrogen and oxygen atoms in total. The van der Waals surface area contributed by atoms with Gasteiger partial charge in [0.25, 0.3) is 0 Å². The molecule has 0 bridgehead atoms. The van der Waals surface area contributed by atoms with E-state index in [1.165, 1.54) is 13.8 Å². The molecule has 2 unspecified atom stereocenters. The highest BCUT2D eigenvalue weighted by atomic mass is 16.6. The average Bonchev–Trinajstić information content (AvgIpc) is 3.00. The fourth-order valence-corrected chi connectivity index (χ4v) is 2.03. The molecule has 1 fully saturated rings. The van der Waals surface area contributed by atoms with E-state index in [0.717, 1.165) is 0 Å². The number of carbonyl (C=O) groups is 4. The van der Waals surface area contributed by atoms with Crippen molar-refractivity contribution in [1.82, 2.24) is 0 Å². The highest BCUT2D eigenvalue weighted by Crippen LogP contribution is 2.30. The fourth-order valence-electron chi connectivity index (χ4n) is 2.03. The van der Waals surface area contributed by atoms with Crippen LogP contribution in [0.3, 0.4) is 0 Å². The number of ether oxygens (including phenoxy) is 1. The number of carbonyl (C=O) groups excluding carboxylic acids is 4. The van der Waals surface area contributed by atoms with Gasteiger partial charge in [-0.2, -0.15) is 0 Å². The molecule has 5 heteroatoms. The quantitative estimate of drug-likeness (QED) is 0.442. The Morgan fingerprint density at radius 2 is 1.16 bits per heavy atom. The van der Waals surface area contributed by atoms with Gasteiger partial charge in [0, 0.05) is 12.8 Å². The Kier molecular flexibility index (Phi) is 6.02. The number of Topliss-reactive ketones (excluding diaryl/α,β-unsaturated/α-hetero) is 4. The minimum Gasteiger partial charge on any atom is -0.370 e. The second-order valence-electron chi connectivity index (χ2n) is 5.13. The average molecular weight is 268 g/mol. The molecule has 2 atom stereocenters. The zero-order chi connectivity index (χ0) is 14.4. The lowest BCUT2D eigenvalue weighted by Gasteiger charge is -1.97. The van der Waals surface area contributed by atoms with E-state index < -0.39 is 0 Å². The molecule has 1 saturated heterocycles.